The summed E-state index contributed by atoms with van der Waals surface area (Å²) in [6, 6.07) is 1.85. The molecule has 0 radical (unpaired) electrons. The Morgan fingerprint density at radius 1 is 1.48 bits per heavy atom. The zero-order valence-electron chi connectivity index (χ0n) is 13.6. The molecule has 0 aliphatic carbocycles. The zero-order valence-corrected chi connectivity index (χ0v) is 13.6. The van der Waals surface area contributed by atoms with Crippen LogP contribution in [0.4, 0.5) is 0 Å². The number of aliphatic carboxylic acids is 1. The highest BCUT2D eigenvalue weighted by Gasteiger charge is 2.26. The lowest BCUT2D eigenvalue weighted by Gasteiger charge is -2.32. The average Bonchev–Trinajstić information content (AvgIpc) is 2.99. The van der Waals surface area contributed by atoms with Crippen LogP contribution >= 0.6 is 0 Å². The van der Waals surface area contributed by atoms with Crippen molar-refractivity contribution in [2.75, 3.05) is 26.3 Å². The lowest BCUT2D eigenvalue weighted by Crippen LogP contribution is -2.41. The maximum Gasteiger partial charge on any atom is 0.325 e. The Hall–Kier alpha value is -1.89. The molecule has 7 heteroatoms. The van der Waals surface area contributed by atoms with Crippen LogP contribution < -0.4 is 0 Å². The van der Waals surface area contributed by atoms with E-state index in [0.29, 0.717) is 13.2 Å². The maximum absolute atomic E-state index is 12.2. The van der Waals surface area contributed by atoms with Crippen LogP contribution in [0.25, 0.3) is 0 Å². The van der Waals surface area contributed by atoms with Crippen molar-refractivity contribution in [2.45, 2.75) is 45.1 Å². The van der Waals surface area contributed by atoms with E-state index in [0.717, 1.165) is 37.9 Å². The Balaban J connectivity index is 1.86. The molecule has 1 aromatic heterocycles. The molecule has 1 aliphatic heterocycles. The number of unbranched alkanes of at least 4 members (excludes halogenated alkanes) is 1. The lowest BCUT2D eigenvalue weighted by molar-refractivity contribution is -0.138. The van der Waals surface area contributed by atoms with Crippen LogP contribution in [0.5, 0.6) is 0 Å². The second-order valence-corrected chi connectivity index (χ2v) is 5.92. The molecular formula is C16H25N3O4. The standard InChI is InChI=1S/C16H25N3O4/c1-2-3-9-23-12-15(20)18-7-4-5-13(10-18)14-6-8-19(17-14)11-16(21)22/h6,8,13H,2-5,7,9-12H2,1H3,(H,21,22)/t13-/m0/s1. The SMILES string of the molecule is CCCCOCC(=O)N1CCC[C@H](c2ccn(CC(=O)O)n2)C1. The molecule has 1 aliphatic rings. The van der Waals surface area contributed by atoms with Crippen molar-refractivity contribution in [3.8, 4) is 0 Å². The van der Waals surface area contributed by atoms with Gasteiger partial charge < -0.3 is 14.7 Å². The summed E-state index contributed by atoms with van der Waals surface area (Å²) in [6.07, 6.45) is 5.59. The van der Waals surface area contributed by atoms with Gasteiger partial charge in [-0.05, 0) is 25.3 Å². The lowest BCUT2D eigenvalue weighted by atomic mass is 9.95. The number of hydrogen-bond acceptors (Lipinski definition) is 4. The topological polar surface area (TPSA) is 84.7 Å². The molecule has 1 atom stereocenters. The highest BCUT2D eigenvalue weighted by molar-refractivity contribution is 5.77. The number of hydrogen-bond donors (Lipinski definition) is 1. The van der Waals surface area contributed by atoms with E-state index in [2.05, 4.69) is 12.0 Å². The third-order valence-corrected chi connectivity index (χ3v) is 4.02. The van der Waals surface area contributed by atoms with Crippen molar-refractivity contribution in [3.63, 3.8) is 0 Å². The third kappa shape index (κ3) is 5.35. The van der Waals surface area contributed by atoms with Crippen molar-refractivity contribution >= 4 is 11.9 Å². The minimum absolute atomic E-state index is 0.0239. The predicted molar refractivity (Wildman–Crippen MR) is 84.1 cm³/mol. The number of carbonyl (C=O) groups is 2. The molecule has 1 fully saturated rings. The van der Waals surface area contributed by atoms with Gasteiger partial charge in [-0.25, -0.2) is 0 Å². The summed E-state index contributed by atoms with van der Waals surface area (Å²) in [7, 11) is 0. The molecule has 1 saturated heterocycles. The number of amides is 1. The Morgan fingerprint density at radius 2 is 2.30 bits per heavy atom. The molecule has 1 aromatic rings. The van der Waals surface area contributed by atoms with Crippen LogP contribution in [-0.4, -0.2) is 58.0 Å². The van der Waals surface area contributed by atoms with Gasteiger partial charge in [0.25, 0.3) is 0 Å². The fourth-order valence-corrected chi connectivity index (χ4v) is 2.76. The first-order valence-electron chi connectivity index (χ1n) is 8.20. The van der Waals surface area contributed by atoms with Gasteiger partial charge in [-0.2, -0.15) is 5.10 Å². The number of nitrogens with zero attached hydrogens (tertiary/aromatic N) is 3. The summed E-state index contributed by atoms with van der Waals surface area (Å²) in [5.74, 6) is -0.724. The maximum atomic E-state index is 12.2. The first-order valence-corrected chi connectivity index (χ1v) is 8.20. The molecule has 2 rings (SSSR count). The number of piperidine rings is 1. The normalized spacial score (nSPS) is 18.1. The number of ether oxygens (including phenoxy) is 1. The van der Waals surface area contributed by atoms with E-state index in [1.807, 2.05) is 11.0 Å². The Morgan fingerprint density at radius 3 is 3.04 bits per heavy atom. The Bertz CT molecular complexity index is 529. The van der Waals surface area contributed by atoms with Crippen molar-refractivity contribution in [1.82, 2.24) is 14.7 Å². The summed E-state index contributed by atoms with van der Waals surface area (Å²) < 4.78 is 6.82. The van der Waals surface area contributed by atoms with Gasteiger partial charge in [0.1, 0.15) is 13.2 Å². The number of carboxylic acid groups (broad SMARTS) is 1. The van der Waals surface area contributed by atoms with Crippen LogP contribution in [0.2, 0.25) is 0 Å². The number of likely N-dealkylation sites (tertiary alicyclic amines) is 1. The van der Waals surface area contributed by atoms with Gasteiger partial charge in [-0.3, -0.25) is 14.3 Å². The first kappa shape index (κ1) is 17.5. The summed E-state index contributed by atoms with van der Waals surface area (Å²) in [5, 5.41) is 13.1. The average molecular weight is 323 g/mol. The summed E-state index contributed by atoms with van der Waals surface area (Å²) >= 11 is 0. The minimum atomic E-state index is -0.913. The second kappa shape index (κ2) is 8.67. The van der Waals surface area contributed by atoms with E-state index in [1.54, 1.807) is 6.20 Å². The number of aromatic nitrogens is 2. The van der Waals surface area contributed by atoms with Crippen molar-refractivity contribution in [1.29, 1.82) is 0 Å². The van der Waals surface area contributed by atoms with Crippen LogP contribution in [0.3, 0.4) is 0 Å². The molecular weight excluding hydrogens is 298 g/mol. The molecule has 23 heavy (non-hydrogen) atoms. The second-order valence-electron chi connectivity index (χ2n) is 5.92. The molecule has 0 saturated carbocycles. The van der Waals surface area contributed by atoms with E-state index >= 15 is 0 Å². The zero-order chi connectivity index (χ0) is 16.7. The van der Waals surface area contributed by atoms with E-state index in [9.17, 15) is 9.59 Å². The molecule has 1 N–H and O–H groups in total. The van der Waals surface area contributed by atoms with E-state index in [1.165, 1.54) is 4.68 Å². The monoisotopic (exact) mass is 323 g/mol. The smallest absolute Gasteiger partial charge is 0.325 e. The highest BCUT2D eigenvalue weighted by Crippen LogP contribution is 2.25. The summed E-state index contributed by atoms with van der Waals surface area (Å²) in [6.45, 7) is 4.09. The van der Waals surface area contributed by atoms with Gasteiger partial charge in [-0.15, -0.1) is 0 Å². The van der Waals surface area contributed by atoms with E-state index in [4.69, 9.17) is 9.84 Å². The number of carbonyl (C=O) groups excluding carboxylic acids is 1. The first-order chi connectivity index (χ1) is 11.1. The van der Waals surface area contributed by atoms with Gasteiger partial charge in [0.05, 0.1) is 5.69 Å². The highest BCUT2D eigenvalue weighted by atomic mass is 16.5. The largest absolute Gasteiger partial charge is 0.480 e. The molecule has 0 bridgehead atoms. The molecule has 1 amide bonds. The quantitative estimate of drug-likeness (QED) is 0.733. The van der Waals surface area contributed by atoms with Gasteiger partial charge in [0.2, 0.25) is 5.91 Å². The molecule has 128 valence electrons. The van der Waals surface area contributed by atoms with Crippen LogP contribution in [-0.2, 0) is 20.9 Å². The molecule has 2 heterocycles. The molecule has 0 spiro atoms. The van der Waals surface area contributed by atoms with E-state index in [-0.39, 0.29) is 25.0 Å². The minimum Gasteiger partial charge on any atom is -0.480 e. The summed E-state index contributed by atoms with van der Waals surface area (Å²) in [4.78, 5) is 24.7. The van der Waals surface area contributed by atoms with Gasteiger partial charge >= 0.3 is 5.97 Å². The van der Waals surface area contributed by atoms with Crippen molar-refractivity contribution < 1.29 is 19.4 Å². The third-order valence-electron chi connectivity index (χ3n) is 4.02. The number of carboxylic acids is 1. The fourth-order valence-electron chi connectivity index (χ4n) is 2.76. The fraction of sp³-hybridized carbons (Fsp3) is 0.688. The number of rotatable bonds is 8. The Labute approximate surface area is 136 Å². The van der Waals surface area contributed by atoms with Gasteiger partial charge in [0.15, 0.2) is 0 Å². The van der Waals surface area contributed by atoms with Crippen molar-refractivity contribution in [2.24, 2.45) is 0 Å². The van der Waals surface area contributed by atoms with Crippen LogP contribution in [0.1, 0.15) is 44.2 Å². The molecule has 7 nitrogen and oxygen atoms in total. The van der Waals surface area contributed by atoms with Crippen LogP contribution in [0.15, 0.2) is 12.3 Å². The molecule has 0 aromatic carbocycles. The van der Waals surface area contributed by atoms with Crippen molar-refractivity contribution in [3.05, 3.63) is 18.0 Å². The summed E-state index contributed by atoms with van der Waals surface area (Å²) in [5.41, 5.74) is 0.857. The predicted octanol–water partition coefficient (Wildman–Crippen LogP) is 1.49. The van der Waals surface area contributed by atoms with Crippen LogP contribution in [0, 0.1) is 0 Å². The molecule has 0 unspecified atom stereocenters. The van der Waals surface area contributed by atoms with Gasteiger partial charge in [-0.1, -0.05) is 13.3 Å². The Kier molecular flexibility index (Phi) is 6.58. The van der Waals surface area contributed by atoms with Gasteiger partial charge in [0, 0.05) is 31.8 Å². The van der Waals surface area contributed by atoms with E-state index < -0.39 is 5.97 Å².